The van der Waals surface area contributed by atoms with Gasteiger partial charge in [0.25, 0.3) is 0 Å². The van der Waals surface area contributed by atoms with Crippen LogP contribution in [0.2, 0.25) is 0 Å². The molecule has 1 aromatic carbocycles. The lowest BCUT2D eigenvalue weighted by molar-refractivity contribution is 0.0693. The van der Waals surface area contributed by atoms with Crippen molar-refractivity contribution < 1.29 is 14.3 Å². The minimum absolute atomic E-state index is 0.123. The Bertz CT molecular complexity index is 1150. The molecular formula is C21H20FN3O3. The van der Waals surface area contributed by atoms with Crippen LogP contribution in [0.15, 0.2) is 47.5 Å². The van der Waals surface area contributed by atoms with Crippen LogP contribution in [-0.2, 0) is 6.54 Å². The zero-order valence-corrected chi connectivity index (χ0v) is 15.8. The zero-order valence-electron chi connectivity index (χ0n) is 15.8. The number of carboxylic acid groups (broad SMARTS) is 1. The van der Waals surface area contributed by atoms with Crippen molar-refractivity contribution in [3.63, 3.8) is 0 Å². The number of halogens is 1. The molecule has 3 aromatic rings. The first kappa shape index (κ1) is 18.2. The van der Waals surface area contributed by atoms with E-state index in [1.807, 2.05) is 25.3 Å². The Morgan fingerprint density at radius 2 is 1.96 bits per heavy atom. The summed E-state index contributed by atoms with van der Waals surface area (Å²) in [5, 5.41) is 13.8. The summed E-state index contributed by atoms with van der Waals surface area (Å²) in [6.07, 6.45) is 3.00. The molecule has 2 aromatic heterocycles. The van der Waals surface area contributed by atoms with Crippen LogP contribution in [0.4, 0.5) is 4.39 Å². The van der Waals surface area contributed by atoms with Gasteiger partial charge < -0.3 is 9.67 Å². The first-order valence-corrected chi connectivity index (χ1v) is 8.99. The van der Waals surface area contributed by atoms with Gasteiger partial charge in [0, 0.05) is 23.4 Å². The lowest BCUT2D eigenvalue weighted by atomic mass is 9.84. The molecule has 28 heavy (non-hydrogen) atoms. The van der Waals surface area contributed by atoms with Crippen LogP contribution in [0.5, 0.6) is 0 Å². The van der Waals surface area contributed by atoms with Gasteiger partial charge in [0.2, 0.25) is 0 Å². The summed E-state index contributed by atoms with van der Waals surface area (Å²) < 4.78 is 18.0. The van der Waals surface area contributed by atoms with E-state index in [0.717, 1.165) is 0 Å². The van der Waals surface area contributed by atoms with Crippen molar-refractivity contribution in [2.45, 2.75) is 33.4 Å². The largest absolute Gasteiger partial charge is 0.477 e. The number of hydrogen-bond donors (Lipinski definition) is 1. The third-order valence-electron chi connectivity index (χ3n) is 5.24. The number of benzene rings is 1. The van der Waals surface area contributed by atoms with Crippen molar-refractivity contribution in [2.75, 3.05) is 0 Å². The van der Waals surface area contributed by atoms with E-state index in [-0.39, 0.29) is 22.8 Å². The second-order valence-corrected chi connectivity index (χ2v) is 8.10. The summed E-state index contributed by atoms with van der Waals surface area (Å²) in [5.74, 6) is -1.64. The zero-order chi connectivity index (χ0) is 20.2. The molecule has 0 unspecified atom stereocenters. The van der Waals surface area contributed by atoms with Crippen LogP contribution in [0.25, 0.3) is 22.5 Å². The normalized spacial score (nSPS) is 15.8. The van der Waals surface area contributed by atoms with Crippen LogP contribution < -0.4 is 5.43 Å². The van der Waals surface area contributed by atoms with Gasteiger partial charge >= 0.3 is 5.97 Å². The maximum atomic E-state index is 14.4. The van der Waals surface area contributed by atoms with Gasteiger partial charge in [-0.25, -0.2) is 9.18 Å². The molecule has 0 radical (unpaired) electrons. The number of aromatic carboxylic acids is 1. The van der Waals surface area contributed by atoms with Gasteiger partial charge in [-0.1, -0.05) is 39.0 Å². The van der Waals surface area contributed by atoms with Crippen molar-refractivity contribution in [3.05, 3.63) is 64.3 Å². The lowest BCUT2D eigenvalue weighted by Gasteiger charge is -2.38. The summed E-state index contributed by atoms with van der Waals surface area (Å²) in [6, 6.07) is 7.59. The van der Waals surface area contributed by atoms with Crippen LogP contribution in [0.1, 0.15) is 37.2 Å². The number of hydrogen-bond acceptors (Lipinski definition) is 3. The van der Waals surface area contributed by atoms with Crippen molar-refractivity contribution in [1.82, 2.24) is 14.3 Å². The average molecular weight is 381 g/mol. The smallest absolute Gasteiger partial charge is 0.341 e. The standard InChI is InChI=1S/C21H20FN3O3/c1-21(2,3)18-11-25-19(13(9-23-25)12-6-4-5-7-15(12)22)16-8-17(26)14(20(27)28)10-24(16)18/h4-10,18H,11H2,1-3H3,(H,27,28)/t18-/m0/s1. The highest BCUT2D eigenvalue weighted by Gasteiger charge is 2.35. The Hall–Kier alpha value is -3.22. The van der Waals surface area contributed by atoms with Crippen LogP contribution in [0.3, 0.4) is 0 Å². The number of fused-ring (bicyclic) bond motifs is 3. The summed E-state index contributed by atoms with van der Waals surface area (Å²) in [6.45, 7) is 6.63. The SMILES string of the molecule is CC(C)(C)[C@@H]1Cn2ncc(-c3ccccc3F)c2-c2cc(=O)c(C(=O)O)cn21. The van der Waals surface area contributed by atoms with Gasteiger partial charge in [0.05, 0.1) is 30.2 Å². The van der Waals surface area contributed by atoms with E-state index in [9.17, 15) is 19.1 Å². The van der Waals surface area contributed by atoms with Crippen LogP contribution in [0, 0.1) is 11.2 Å². The van der Waals surface area contributed by atoms with Gasteiger partial charge in [-0.2, -0.15) is 5.10 Å². The Kier molecular flexibility index (Phi) is 3.99. The summed E-state index contributed by atoms with van der Waals surface area (Å²) in [5.41, 5.74) is 1.03. The van der Waals surface area contributed by atoms with Crippen LogP contribution >= 0.6 is 0 Å². The quantitative estimate of drug-likeness (QED) is 0.732. The number of carbonyl (C=O) groups is 1. The van der Waals surface area contributed by atoms with Crippen molar-refractivity contribution in [3.8, 4) is 22.5 Å². The highest BCUT2D eigenvalue weighted by molar-refractivity contribution is 5.88. The maximum absolute atomic E-state index is 14.4. The van der Waals surface area contributed by atoms with E-state index < -0.39 is 11.4 Å². The third kappa shape index (κ3) is 2.74. The summed E-state index contributed by atoms with van der Waals surface area (Å²) >= 11 is 0. The summed E-state index contributed by atoms with van der Waals surface area (Å²) in [7, 11) is 0. The van der Waals surface area contributed by atoms with Crippen molar-refractivity contribution >= 4 is 5.97 Å². The molecule has 1 atom stereocenters. The molecular weight excluding hydrogens is 361 g/mol. The predicted molar refractivity (Wildman–Crippen MR) is 103 cm³/mol. The Morgan fingerprint density at radius 3 is 2.61 bits per heavy atom. The highest BCUT2D eigenvalue weighted by atomic mass is 19.1. The van der Waals surface area contributed by atoms with Crippen LogP contribution in [-0.4, -0.2) is 25.4 Å². The van der Waals surface area contributed by atoms with E-state index in [1.54, 1.807) is 29.1 Å². The molecule has 0 bridgehead atoms. The van der Waals surface area contributed by atoms with E-state index in [0.29, 0.717) is 29.1 Å². The van der Waals surface area contributed by atoms with Crippen molar-refractivity contribution in [2.24, 2.45) is 5.41 Å². The van der Waals surface area contributed by atoms with Gasteiger partial charge in [0.1, 0.15) is 11.4 Å². The molecule has 7 heteroatoms. The molecule has 0 fully saturated rings. The average Bonchev–Trinajstić information content (AvgIpc) is 3.04. The Balaban J connectivity index is 2.03. The molecule has 1 N–H and O–H groups in total. The number of pyridine rings is 1. The van der Waals surface area contributed by atoms with E-state index in [2.05, 4.69) is 5.10 Å². The Labute approximate surface area is 160 Å². The molecule has 1 aliphatic rings. The topological polar surface area (TPSA) is 77.1 Å². The minimum Gasteiger partial charge on any atom is -0.477 e. The number of nitrogens with zero attached hydrogens (tertiary/aromatic N) is 3. The second kappa shape index (κ2) is 6.15. The molecule has 0 amide bonds. The number of carboxylic acids is 1. The minimum atomic E-state index is -1.26. The number of rotatable bonds is 2. The second-order valence-electron chi connectivity index (χ2n) is 8.10. The Morgan fingerprint density at radius 1 is 1.25 bits per heavy atom. The van der Waals surface area contributed by atoms with Gasteiger partial charge in [-0.15, -0.1) is 0 Å². The fourth-order valence-corrected chi connectivity index (χ4v) is 3.77. The summed E-state index contributed by atoms with van der Waals surface area (Å²) in [4.78, 5) is 23.9. The number of aromatic nitrogens is 3. The molecule has 3 heterocycles. The first-order valence-electron chi connectivity index (χ1n) is 8.99. The molecule has 0 saturated heterocycles. The predicted octanol–water partition coefficient (Wildman–Crippen LogP) is 3.82. The molecule has 0 aliphatic carbocycles. The fourth-order valence-electron chi connectivity index (χ4n) is 3.77. The fraction of sp³-hybridized carbons (Fsp3) is 0.286. The third-order valence-corrected chi connectivity index (χ3v) is 5.24. The maximum Gasteiger partial charge on any atom is 0.341 e. The molecule has 6 nitrogen and oxygen atoms in total. The van der Waals surface area contributed by atoms with Gasteiger partial charge in [-0.3, -0.25) is 9.48 Å². The molecule has 1 aliphatic heterocycles. The van der Waals surface area contributed by atoms with Gasteiger partial charge in [-0.05, 0) is 11.5 Å². The van der Waals surface area contributed by atoms with Crippen molar-refractivity contribution in [1.29, 1.82) is 0 Å². The van der Waals surface area contributed by atoms with E-state index in [1.165, 1.54) is 18.3 Å². The molecule has 4 rings (SSSR count). The van der Waals surface area contributed by atoms with E-state index in [4.69, 9.17) is 0 Å². The van der Waals surface area contributed by atoms with E-state index >= 15 is 0 Å². The lowest BCUT2D eigenvalue weighted by Crippen LogP contribution is -2.35. The molecule has 144 valence electrons. The molecule has 0 saturated carbocycles. The highest BCUT2D eigenvalue weighted by Crippen LogP contribution is 2.42. The monoisotopic (exact) mass is 381 g/mol. The van der Waals surface area contributed by atoms with Gasteiger partial charge in [0.15, 0.2) is 5.43 Å². The first-order chi connectivity index (χ1) is 13.2. The molecule has 0 spiro atoms.